The van der Waals surface area contributed by atoms with Crippen molar-refractivity contribution >= 4 is 17.0 Å². The normalized spacial score (nSPS) is 8.46. The smallest absolute Gasteiger partial charge is 0.0650 e. The monoisotopic (exact) mass is 328 g/mol. The van der Waals surface area contributed by atoms with Crippen LogP contribution < -0.4 is 0 Å². The number of hydrogen-bond acceptors (Lipinski definition) is 1. The number of rotatable bonds is 1. The molecule has 0 saturated carbocycles. The Bertz CT molecular complexity index is 586. The number of fused-ring (bicyclic) bond motifs is 1. The van der Waals surface area contributed by atoms with Crippen molar-refractivity contribution in [1.82, 2.24) is 10.2 Å². The Kier molecular flexibility index (Phi) is 18.6. The number of aromatic nitrogens is 2. The largest absolute Gasteiger partial charge is 0.278 e. The van der Waals surface area contributed by atoms with Gasteiger partial charge in [0.15, 0.2) is 0 Å². The lowest BCUT2D eigenvalue weighted by Gasteiger charge is -1.86. The molecule has 2 nitrogen and oxygen atoms in total. The van der Waals surface area contributed by atoms with E-state index in [-0.39, 0.29) is 1.43 Å². The highest BCUT2D eigenvalue weighted by atomic mass is 15.1. The van der Waals surface area contributed by atoms with E-state index in [0.717, 1.165) is 10.9 Å². The van der Waals surface area contributed by atoms with Gasteiger partial charge in [-0.2, -0.15) is 5.10 Å². The number of aromatic amines is 1. The van der Waals surface area contributed by atoms with Crippen LogP contribution in [0.1, 0.15) is 55.5 Å². The minimum absolute atomic E-state index is 0. The Labute approximate surface area is 150 Å². The third-order valence-electron chi connectivity index (χ3n) is 2.51. The maximum atomic E-state index is 3.88. The number of nitrogens with zero attached hydrogens (tertiary/aromatic N) is 1. The molecule has 24 heavy (non-hydrogen) atoms. The van der Waals surface area contributed by atoms with Crippen LogP contribution in [0.15, 0.2) is 66.9 Å². The molecule has 3 rings (SSSR count). The predicted molar refractivity (Wildman–Crippen MR) is 113 cm³/mol. The van der Waals surface area contributed by atoms with Gasteiger partial charge in [-0.1, -0.05) is 102 Å². The molecule has 2 aromatic carbocycles. The Balaban J connectivity index is -0.000000290. The van der Waals surface area contributed by atoms with Crippen LogP contribution in [0.2, 0.25) is 0 Å². The fraction of sp³-hybridized carbons (Fsp3) is 0.318. The molecule has 2 heteroatoms. The Morgan fingerprint density at radius 2 is 1.33 bits per heavy atom. The second-order valence-corrected chi connectivity index (χ2v) is 3.87. The van der Waals surface area contributed by atoms with E-state index >= 15 is 0 Å². The molecule has 0 atom stereocenters. The number of allylic oxidation sites excluding steroid dienone is 1. The lowest BCUT2D eigenvalue weighted by Crippen LogP contribution is -1.65. The van der Waals surface area contributed by atoms with Crippen LogP contribution >= 0.6 is 0 Å². The van der Waals surface area contributed by atoms with Crippen LogP contribution in [0.4, 0.5) is 0 Å². The molecule has 0 unspecified atom stereocenters. The third-order valence-corrected chi connectivity index (χ3v) is 2.51. The molecule has 0 spiro atoms. The van der Waals surface area contributed by atoms with E-state index in [2.05, 4.69) is 28.4 Å². The quantitative estimate of drug-likeness (QED) is 0.489. The summed E-state index contributed by atoms with van der Waals surface area (Å²) >= 11 is 0. The summed E-state index contributed by atoms with van der Waals surface area (Å²) in [5, 5.41) is 7.91. The molecule has 0 bridgehead atoms. The molecule has 1 heterocycles. The first-order valence-electron chi connectivity index (χ1n) is 8.96. The van der Waals surface area contributed by atoms with Gasteiger partial charge >= 0.3 is 0 Å². The first-order valence-corrected chi connectivity index (χ1v) is 8.96. The Hall–Kier alpha value is -2.35. The van der Waals surface area contributed by atoms with E-state index < -0.39 is 0 Å². The molecule has 0 saturated heterocycles. The van der Waals surface area contributed by atoms with Gasteiger partial charge in [0.1, 0.15) is 0 Å². The van der Waals surface area contributed by atoms with Crippen molar-refractivity contribution in [3.05, 3.63) is 72.4 Å². The van der Waals surface area contributed by atoms with Crippen molar-refractivity contribution < 1.29 is 1.43 Å². The summed E-state index contributed by atoms with van der Waals surface area (Å²) in [4.78, 5) is 0. The molecular formula is C22H36N2. The van der Waals surface area contributed by atoms with Gasteiger partial charge < -0.3 is 0 Å². The molecule has 0 amide bonds. The number of nitrogens with one attached hydrogen (secondary N) is 1. The molecule has 0 radical (unpaired) electrons. The molecule has 0 aliphatic rings. The first-order chi connectivity index (χ1) is 11.9. The molecule has 0 aliphatic carbocycles. The van der Waals surface area contributed by atoms with Gasteiger partial charge in [0.05, 0.1) is 11.7 Å². The van der Waals surface area contributed by atoms with Gasteiger partial charge in [0.2, 0.25) is 0 Å². The minimum Gasteiger partial charge on any atom is -0.278 e. The summed E-state index contributed by atoms with van der Waals surface area (Å²) in [5.41, 5.74) is 2.36. The lowest BCUT2D eigenvalue weighted by molar-refractivity contribution is 1.12. The molecule has 0 fully saturated rings. The second kappa shape index (κ2) is 18.7. The Morgan fingerprint density at radius 3 is 1.88 bits per heavy atom. The standard InChI is InChI=1S/C9H10.C7H6N2.3C2H6.H2/c1-2-6-9-7-4-3-5-8-9;1-2-4-7-6(3-1)5-8-9-7;3*1-2;/h2-8H,1H3;1-5H,(H,8,9);3*1-2H3;1H/b6-2+;;;;;. The summed E-state index contributed by atoms with van der Waals surface area (Å²) < 4.78 is 0. The van der Waals surface area contributed by atoms with Crippen molar-refractivity contribution in [2.75, 3.05) is 0 Å². The third kappa shape index (κ3) is 10.4. The number of para-hydroxylation sites is 1. The van der Waals surface area contributed by atoms with Crippen molar-refractivity contribution in [3.8, 4) is 0 Å². The number of benzene rings is 2. The maximum Gasteiger partial charge on any atom is 0.0650 e. The summed E-state index contributed by atoms with van der Waals surface area (Å²) in [6.07, 6.45) is 5.94. The average Bonchev–Trinajstić information content (AvgIpc) is 3.17. The van der Waals surface area contributed by atoms with E-state index in [1.54, 1.807) is 0 Å². The summed E-state index contributed by atoms with van der Waals surface area (Å²) in [5.74, 6) is 0. The SMILES string of the molecule is C/C=C/c1ccccc1.CC.CC.CC.[HH].c1ccc2[nH]ncc2c1. The molecule has 1 aromatic heterocycles. The van der Waals surface area contributed by atoms with Crippen LogP contribution in [0.5, 0.6) is 0 Å². The van der Waals surface area contributed by atoms with Gasteiger partial charge in [-0.3, -0.25) is 5.10 Å². The molecule has 1 N–H and O–H groups in total. The summed E-state index contributed by atoms with van der Waals surface area (Å²) in [6.45, 7) is 14.0. The van der Waals surface area contributed by atoms with Crippen LogP contribution in [0.25, 0.3) is 17.0 Å². The van der Waals surface area contributed by atoms with Gasteiger partial charge in [-0.15, -0.1) is 0 Å². The van der Waals surface area contributed by atoms with Gasteiger partial charge in [0.25, 0.3) is 0 Å². The highest BCUT2D eigenvalue weighted by Gasteiger charge is 1.88. The highest BCUT2D eigenvalue weighted by Crippen LogP contribution is 2.07. The van der Waals surface area contributed by atoms with E-state index in [1.807, 2.05) is 103 Å². The Morgan fingerprint density at radius 1 is 0.792 bits per heavy atom. The molecule has 134 valence electrons. The van der Waals surface area contributed by atoms with Crippen molar-refractivity contribution in [2.45, 2.75) is 48.5 Å². The first kappa shape index (κ1) is 23.9. The van der Waals surface area contributed by atoms with Crippen LogP contribution in [-0.4, -0.2) is 10.2 Å². The van der Waals surface area contributed by atoms with Crippen molar-refractivity contribution in [2.24, 2.45) is 0 Å². The van der Waals surface area contributed by atoms with Crippen LogP contribution in [0.3, 0.4) is 0 Å². The average molecular weight is 329 g/mol. The van der Waals surface area contributed by atoms with Gasteiger partial charge in [0, 0.05) is 6.81 Å². The van der Waals surface area contributed by atoms with E-state index in [4.69, 9.17) is 0 Å². The zero-order valence-electron chi connectivity index (χ0n) is 16.4. The summed E-state index contributed by atoms with van der Waals surface area (Å²) in [6, 6.07) is 18.3. The van der Waals surface area contributed by atoms with E-state index in [0.29, 0.717) is 0 Å². The molecule has 3 aromatic rings. The lowest BCUT2D eigenvalue weighted by atomic mass is 10.2. The number of hydrogen-bond donors (Lipinski definition) is 1. The topological polar surface area (TPSA) is 28.7 Å². The van der Waals surface area contributed by atoms with Crippen LogP contribution in [0, 0.1) is 0 Å². The minimum atomic E-state index is 0. The van der Waals surface area contributed by atoms with Gasteiger partial charge in [-0.05, 0) is 18.6 Å². The van der Waals surface area contributed by atoms with Crippen LogP contribution in [-0.2, 0) is 0 Å². The van der Waals surface area contributed by atoms with Crippen molar-refractivity contribution in [3.63, 3.8) is 0 Å². The predicted octanol–water partition coefficient (Wildman–Crippen LogP) is 7.61. The molecule has 0 aliphatic heterocycles. The van der Waals surface area contributed by atoms with Crippen molar-refractivity contribution in [1.29, 1.82) is 0 Å². The molecular weight excluding hydrogens is 292 g/mol. The fourth-order valence-corrected chi connectivity index (χ4v) is 1.64. The maximum absolute atomic E-state index is 3.88. The number of H-pyrrole nitrogens is 1. The summed E-state index contributed by atoms with van der Waals surface area (Å²) in [7, 11) is 0. The highest BCUT2D eigenvalue weighted by molar-refractivity contribution is 5.77. The second-order valence-electron chi connectivity index (χ2n) is 3.87. The van der Waals surface area contributed by atoms with E-state index in [1.165, 1.54) is 5.56 Å². The van der Waals surface area contributed by atoms with Gasteiger partial charge in [-0.25, -0.2) is 0 Å². The fourth-order valence-electron chi connectivity index (χ4n) is 1.64. The zero-order valence-corrected chi connectivity index (χ0v) is 16.4. The zero-order chi connectivity index (χ0) is 18.6. The van der Waals surface area contributed by atoms with E-state index in [9.17, 15) is 0 Å².